The number of hydrogen-bond acceptors (Lipinski definition) is 4. The van der Waals surface area contributed by atoms with Crippen LogP contribution in [0.1, 0.15) is 33.5 Å². The van der Waals surface area contributed by atoms with E-state index in [9.17, 15) is 9.90 Å². The largest absolute Gasteiger partial charge is 0.497 e. The van der Waals surface area contributed by atoms with Crippen LogP contribution in [0.2, 0.25) is 0 Å². The summed E-state index contributed by atoms with van der Waals surface area (Å²) in [4.78, 5) is 14.1. The second kappa shape index (κ2) is 6.66. The number of rotatable bonds is 5. The molecule has 1 aromatic heterocycles. The highest BCUT2D eigenvalue weighted by Gasteiger charge is 2.24. The highest BCUT2D eigenvalue weighted by atomic mass is 16.5. The molecule has 0 aliphatic carbocycles. The van der Waals surface area contributed by atoms with E-state index in [0.717, 1.165) is 11.3 Å². The van der Waals surface area contributed by atoms with E-state index in [1.165, 1.54) is 4.90 Å². The van der Waals surface area contributed by atoms with Crippen LogP contribution in [0.25, 0.3) is 0 Å². The van der Waals surface area contributed by atoms with Crippen molar-refractivity contribution in [2.24, 2.45) is 0 Å². The molecule has 2 aromatic rings. The maximum atomic E-state index is 12.6. The number of methoxy groups -OCH3 is 1. The number of benzene rings is 1. The molecule has 22 heavy (non-hydrogen) atoms. The molecule has 0 aliphatic heterocycles. The van der Waals surface area contributed by atoms with Crippen LogP contribution in [0.15, 0.2) is 34.7 Å². The van der Waals surface area contributed by atoms with Crippen molar-refractivity contribution in [2.75, 3.05) is 20.8 Å². The molecule has 5 nitrogen and oxygen atoms in total. The second-order valence-corrected chi connectivity index (χ2v) is 5.21. The van der Waals surface area contributed by atoms with E-state index in [-0.39, 0.29) is 12.5 Å². The average Bonchev–Trinajstić information content (AvgIpc) is 2.86. The van der Waals surface area contributed by atoms with Crippen molar-refractivity contribution in [3.05, 3.63) is 53.0 Å². The van der Waals surface area contributed by atoms with Crippen LogP contribution in [0.3, 0.4) is 0 Å². The molecule has 0 bridgehead atoms. The highest BCUT2D eigenvalue weighted by Crippen LogP contribution is 2.25. The van der Waals surface area contributed by atoms with E-state index in [2.05, 4.69) is 0 Å². The number of furan rings is 1. The predicted octanol–water partition coefficient (Wildman–Crippen LogP) is 2.71. The first-order chi connectivity index (χ1) is 10.5. The van der Waals surface area contributed by atoms with Gasteiger partial charge in [0.15, 0.2) is 0 Å². The number of carbonyl (C=O) groups excluding carboxylic acids is 1. The molecule has 5 heteroatoms. The van der Waals surface area contributed by atoms with Crippen LogP contribution < -0.4 is 4.74 Å². The average molecular weight is 303 g/mol. The summed E-state index contributed by atoms with van der Waals surface area (Å²) < 4.78 is 10.5. The van der Waals surface area contributed by atoms with Crippen LogP contribution in [0, 0.1) is 13.8 Å². The Hall–Kier alpha value is -2.27. The molecule has 1 heterocycles. The first kappa shape index (κ1) is 16.1. The molecule has 0 aliphatic rings. The molecule has 0 radical (unpaired) electrons. The van der Waals surface area contributed by atoms with Gasteiger partial charge in [-0.3, -0.25) is 4.79 Å². The Labute approximate surface area is 130 Å². The number of hydrogen-bond donors (Lipinski definition) is 1. The van der Waals surface area contributed by atoms with E-state index in [0.29, 0.717) is 17.1 Å². The van der Waals surface area contributed by atoms with Gasteiger partial charge in [-0.15, -0.1) is 0 Å². The first-order valence-electron chi connectivity index (χ1n) is 7.07. The number of aliphatic hydroxyl groups is 1. The fourth-order valence-corrected chi connectivity index (χ4v) is 2.45. The third kappa shape index (κ3) is 3.14. The molecule has 0 saturated heterocycles. The van der Waals surface area contributed by atoms with Crippen LogP contribution in [-0.4, -0.2) is 36.7 Å². The van der Waals surface area contributed by atoms with Gasteiger partial charge in [-0.1, -0.05) is 12.1 Å². The number of ether oxygens (including phenoxy) is 1. The number of aliphatic hydroxyl groups excluding tert-OH is 1. The Bertz CT molecular complexity index is 645. The summed E-state index contributed by atoms with van der Waals surface area (Å²) >= 11 is 0. The van der Waals surface area contributed by atoms with Crippen molar-refractivity contribution in [3.63, 3.8) is 0 Å². The summed E-state index contributed by atoms with van der Waals surface area (Å²) in [5.74, 6) is 1.83. The van der Waals surface area contributed by atoms with Crippen LogP contribution in [-0.2, 0) is 0 Å². The summed E-state index contributed by atoms with van der Waals surface area (Å²) in [6.07, 6.45) is 0. The molecule has 0 fully saturated rings. The van der Waals surface area contributed by atoms with Gasteiger partial charge in [0.2, 0.25) is 0 Å². The Morgan fingerprint density at radius 1 is 1.32 bits per heavy atom. The van der Waals surface area contributed by atoms with E-state index < -0.39 is 6.04 Å². The Morgan fingerprint density at radius 2 is 1.95 bits per heavy atom. The van der Waals surface area contributed by atoms with Gasteiger partial charge in [0.1, 0.15) is 17.3 Å². The third-order valence-electron chi connectivity index (χ3n) is 3.73. The molecule has 1 N–H and O–H groups in total. The van der Waals surface area contributed by atoms with Crippen molar-refractivity contribution in [1.82, 2.24) is 4.90 Å². The van der Waals surface area contributed by atoms with Crippen molar-refractivity contribution in [1.29, 1.82) is 0 Å². The molecule has 0 saturated carbocycles. The van der Waals surface area contributed by atoms with Crippen LogP contribution >= 0.6 is 0 Å². The number of amides is 1. The number of likely N-dealkylation sites (N-methyl/N-ethyl adjacent to an activating group) is 1. The smallest absolute Gasteiger partial charge is 0.257 e. The van der Waals surface area contributed by atoms with Gasteiger partial charge in [0, 0.05) is 7.05 Å². The zero-order valence-corrected chi connectivity index (χ0v) is 13.3. The SMILES string of the molecule is COc1ccc(C(CO)N(C)C(=O)c2cc(C)oc2C)cc1. The Morgan fingerprint density at radius 3 is 2.41 bits per heavy atom. The van der Waals surface area contributed by atoms with Gasteiger partial charge >= 0.3 is 0 Å². The lowest BCUT2D eigenvalue weighted by Crippen LogP contribution is -2.33. The van der Waals surface area contributed by atoms with Crippen molar-refractivity contribution in [2.45, 2.75) is 19.9 Å². The zero-order chi connectivity index (χ0) is 16.3. The maximum Gasteiger partial charge on any atom is 0.257 e. The lowest BCUT2D eigenvalue weighted by atomic mass is 10.1. The molecule has 1 amide bonds. The minimum atomic E-state index is -0.423. The van der Waals surface area contributed by atoms with E-state index >= 15 is 0 Å². The summed E-state index contributed by atoms with van der Waals surface area (Å²) in [5.41, 5.74) is 1.36. The van der Waals surface area contributed by atoms with Gasteiger partial charge in [-0.05, 0) is 37.6 Å². The number of nitrogens with zero attached hydrogens (tertiary/aromatic N) is 1. The monoisotopic (exact) mass is 303 g/mol. The topological polar surface area (TPSA) is 62.9 Å². The van der Waals surface area contributed by atoms with E-state index in [4.69, 9.17) is 9.15 Å². The summed E-state index contributed by atoms with van der Waals surface area (Å²) in [5, 5.41) is 9.70. The minimum absolute atomic E-state index is 0.162. The maximum absolute atomic E-state index is 12.6. The zero-order valence-electron chi connectivity index (χ0n) is 13.3. The molecule has 2 rings (SSSR count). The van der Waals surface area contributed by atoms with Crippen molar-refractivity contribution < 1.29 is 19.1 Å². The fraction of sp³-hybridized carbons (Fsp3) is 0.353. The molecule has 1 aromatic carbocycles. The summed E-state index contributed by atoms with van der Waals surface area (Å²) in [7, 11) is 3.27. The highest BCUT2D eigenvalue weighted by molar-refractivity contribution is 5.95. The number of aryl methyl sites for hydroxylation is 2. The first-order valence-corrected chi connectivity index (χ1v) is 7.07. The lowest BCUT2D eigenvalue weighted by molar-refractivity contribution is 0.0656. The minimum Gasteiger partial charge on any atom is -0.497 e. The van der Waals surface area contributed by atoms with Gasteiger partial charge in [0.25, 0.3) is 5.91 Å². The van der Waals surface area contributed by atoms with Gasteiger partial charge in [-0.2, -0.15) is 0 Å². The van der Waals surface area contributed by atoms with Crippen LogP contribution in [0.5, 0.6) is 5.75 Å². The summed E-state index contributed by atoms with van der Waals surface area (Å²) in [6.45, 7) is 3.40. The molecule has 0 spiro atoms. The predicted molar refractivity (Wildman–Crippen MR) is 83.1 cm³/mol. The van der Waals surface area contributed by atoms with Crippen molar-refractivity contribution in [3.8, 4) is 5.75 Å². The standard InChI is InChI=1S/C17H21NO4/c1-11-9-15(12(2)22-11)17(20)18(3)16(10-19)13-5-7-14(21-4)8-6-13/h5-9,16,19H,10H2,1-4H3. The molecular formula is C17H21NO4. The molecular weight excluding hydrogens is 282 g/mol. The fourth-order valence-electron chi connectivity index (χ4n) is 2.45. The van der Waals surface area contributed by atoms with Gasteiger partial charge < -0.3 is 19.2 Å². The molecule has 1 unspecified atom stereocenters. The second-order valence-electron chi connectivity index (χ2n) is 5.21. The third-order valence-corrected chi connectivity index (χ3v) is 3.73. The van der Waals surface area contributed by atoms with Crippen LogP contribution in [0.4, 0.5) is 0 Å². The quantitative estimate of drug-likeness (QED) is 0.922. The Kier molecular flexibility index (Phi) is 4.88. The van der Waals surface area contributed by atoms with Gasteiger partial charge in [0.05, 0.1) is 25.3 Å². The molecule has 1 atom stereocenters. The van der Waals surface area contributed by atoms with Crippen molar-refractivity contribution >= 4 is 5.91 Å². The molecule has 118 valence electrons. The normalized spacial score (nSPS) is 12.0. The van der Waals surface area contributed by atoms with E-state index in [1.807, 2.05) is 24.3 Å². The Balaban J connectivity index is 2.25. The van der Waals surface area contributed by atoms with E-state index in [1.54, 1.807) is 34.1 Å². The van der Waals surface area contributed by atoms with Gasteiger partial charge in [-0.25, -0.2) is 0 Å². The number of carbonyl (C=O) groups is 1. The lowest BCUT2D eigenvalue weighted by Gasteiger charge is -2.27. The summed E-state index contributed by atoms with van der Waals surface area (Å²) in [6, 6.07) is 8.60.